The van der Waals surface area contributed by atoms with E-state index in [1.807, 2.05) is 29.6 Å². The van der Waals surface area contributed by atoms with Crippen LogP contribution in [0.3, 0.4) is 0 Å². The van der Waals surface area contributed by atoms with Crippen LogP contribution in [0.1, 0.15) is 11.1 Å². The molecule has 0 aliphatic carbocycles. The normalized spacial score (nSPS) is 11.0. The molecule has 0 fully saturated rings. The molecular weight excluding hydrogens is 318 g/mol. The van der Waals surface area contributed by atoms with Crippen LogP contribution in [0.2, 0.25) is 0 Å². The second-order valence-electron chi connectivity index (χ2n) is 5.68. The van der Waals surface area contributed by atoms with E-state index in [0.29, 0.717) is 11.2 Å². The Bertz CT molecular complexity index is 1070. The smallest absolute Gasteiger partial charge is 0.271 e. The Labute approximate surface area is 143 Å². The second kappa shape index (κ2) is 6.02. The van der Waals surface area contributed by atoms with Gasteiger partial charge < -0.3 is 0 Å². The summed E-state index contributed by atoms with van der Waals surface area (Å²) in [5.41, 5.74) is 5.15. The molecule has 4 aromatic rings. The number of hydrogen-bond donors (Lipinski definition) is 0. The highest BCUT2D eigenvalue weighted by atomic mass is 32.1. The zero-order valence-electron chi connectivity index (χ0n) is 13.1. The van der Waals surface area contributed by atoms with Gasteiger partial charge in [-0.05, 0) is 35.7 Å². The van der Waals surface area contributed by atoms with E-state index in [-0.39, 0.29) is 5.56 Å². The van der Waals surface area contributed by atoms with Crippen LogP contribution in [0.5, 0.6) is 0 Å². The fourth-order valence-corrected chi connectivity index (χ4v) is 3.77. The number of pyridine rings is 1. The average Bonchev–Trinajstić information content (AvgIpc) is 3.03. The summed E-state index contributed by atoms with van der Waals surface area (Å²) in [5, 5.41) is 2.03. The van der Waals surface area contributed by atoms with Crippen LogP contribution >= 0.6 is 11.3 Å². The van der Waals surface area contributed by atoms with Crippen molar-refractivity contribution < 1.29 is 0 Å². The fourth-order valence-electron chi connectivity index (χ4n) is 2.81. The van der Waals surface area contributed by atoms with E-state index in [4.69, 9.17) is 0 Å². The summed E-state index contributed by atoms with van der Waals surface area (Å²) in [6, 6.07) is 12.0. The van der Waals surface area contributed by atoms with Crippen LogP contribution in [0.15, 0.2) is 65.3 Å². The molecule has 0 N–H and O–H groups in total. The molecular formula is C19H15N3OS. The number of thiophene rings is 1. The molecule has 0 spiro atoms. The van der Waals surface area contributed by atoms with Crippen molar-refractivity contribution >= 4 is 21.6 Å². The van der Waals surface area contributed by atoms with E-state index in [0.717, 1.165) is 22.2 Å². The summed E-state index contributed by atoms with van der Waals surface area (Å²) in [6.07, 6.45) is 5.10. The maximum absolute atomic E-state index is 12.8. The van der Waals surface area contributed by atoms with Crippen molar-refractivity contribution in [3.05, 3.63) is 82.0 Å². The lowest BCUT2D eigenvalue weighted by molar-refractivity contribution is 0.749. The SMILES string of the molecule is Cc1ccccc1-c1csc2c(=O)n(Cc3ccncc3)cnc12. The van der Waals surface area contributed by atoms with Crippen molar-refractivity contribution in [1.29, 1.82) is 0 Å². The minimum absolute atomic E-state index is 0.00152. The van der Waals surface area contributed by atoms with Crippen LogP contribution in [-0.4, -0.2) is 14.5 Å². The van der Waals surface area contributed by atoms with Gasteiger partial charge >= 0.3 is 0 Å². The van der Waals surface area contributed by atoms with E-state index >= 15 is 0 Å². The van der Waals surface area contributed by atoms with Gasteiger partial charge in [0.2, 0.25) is 0 Å². The topological polar surface area (TPSA) is 47.8 Å². The first-order valence-corrected chi connectivity index (χ1v) is 8.53. The first-order chi connectivity index (χ1) is 11.7. The van der Waals surface area contributed by atoms with Crippen molar-refractivity contribution in [3.63, 3.8) is 0 Å². The molecule has 5 heteroatoms. The zero-order chi connectivity index (χ0) is 16.5. The number of hydrogen-bond acceptors (Lipinski definition) is 4. The highest BCUT2D eigenvalue weighted by Gasteiger charge is 2.13. The lowest BCUT2D eigenvalue weighted by atomic mass is 10.0. The maximum Gasteiger partial charge on any atom is 0.271 e. The fraction of sp³-hybridized carbons (Fsp3) is 0.105. The Morgan fingerprint density at radius 3 is 2.67 bits per heavy atom. The van der Waals surface area contributed by atoms with Crippen molar-refractivity contribution in [2.24, 2.45) is 0 Å². The molecule has 0 amide bonds. The summed E-state index contributed by atoms with van der Waals surface area (Å²) in [7, 11) is 0. The molecule has 0 saturated carbocycles. The molecule has 1 aromatic carbocycles. The Morgan fingerprint density at radius 1 is 1.08 bits per heavy atom. The molecule has 4 nitrogen and oxygen atoms in total. The molecule has 0 saturated heterocycles. The van der Waals surface area contributed by atoms with Crippen molar-refractivity contribution in [3.8, 4) is 11.1 Å². The monoisotopic (exact) mass is 333 g/mol. The van der Waals surface area contributed by atoms with Gasteiger partial charge in [0.15, 0.2) is 0 Å². The number of benzene rings is 1. The molecule has 0 unspecified atom stereocenters. The van der Waals surface area contributed by atoms with Gasteiger partial charge in [0.05, 0.1) is 18.4 Å². The quantitative estimate of drug-likeness (QED) is 0.572. The van der Waals surface area contributed by atoms with Gasteiger partial charge in [-0.25, -0.2) is 4.98 Å². The van der Waals surface area contributed by atoms with Crippen LogP contribution in [0, 0.1) is 6.92 Å². The molecule has 4 rings (SSSR count). The molecule has 0 bridgehead atoms. The van der Waals surface area contributed by atoms with Crippen LogP contribution in [0.4, 0.5) is 0 Å². The molecule has 0 aliphatic heterocycles. The van der Waals surface area contributed by atoms with E-state index < -0.39 is 0 Å². The first-order valence-electron chi connectivity index (χ1n) is 7.65. The van der Waals surface area contributed by atoms with Gasteiger partial charge in [-0.3, -0.25) is 14.3 Å². The first kappa shape index (κ1) is 14.8. The highest BCUT2D eigenvalue weighted by molar-refractivity contribution is 7.17. The summed E-state index contributed by atoms with van der Waals surface area (Å²) in [6.45, 7) is 2.57. The minimum atomic E-state index is 0.00152. The Kier molecular flexibility index (Phi) is 3.70. The standard InChI is InChI=1S/C19H15N3OS/c1-13-4-2-3-5-15(13)16-11-24-18-17(16)21-12-22(19(18)23)10-14-6-8-20-9-7-14/h2-9,11-12H,10H2,1H3. The third-order valence-corrected chi connectivity index (χ3v) is 5.04. The third kappa shape index (κ3) is 2.53. The van der Waals surface area contributed by atoms with Gasteiger partial charge in [0, 0.05) is 23.3 Å². The van der Waals surface area contributed by atoms with E-state index in [1.165, 1.54) is 16.9 Å². The Morgan fingerprint density at radius 2 is 1.88 bits per heavy atom. The summed E-state index contributed by atoms with van der Waals surface area (Å²) >= 11 is 1.46. The predicted molar refractivity (Wildman–Crippen MR) is 97.4 cm³/mol. The predicted octanol–water partition coefficient (Wildman–Crippen LogP) is 3.88. The van der Waals surface area contributed by atoms with Crippen molar-refractivity contribution in [1.82, 2.24) is 14.5 Å². The van der Waals surface area contributed by atoms with Gasteiger partial charge in [0.1, 0.15) is 4.70 Å². The number of rotatable bonds is 3. The second-order valence-corrected chi connectivity index (χ2v) is 6.55. The molecule has 3 aromatic heterocycles. The number of aromatic nitrogens is 3. The number of fused-ring (bicyclic) bond motifs is 1. The van der Waals surface area contributed by atoms with E-state index in [2.05, 4.69) is 29.0 Å². The van der Waals surface area contributed by atoms with Gasteiger partial charge in [-0.15, -0.1) is 11.3 Å². The molecule has 0 radical (unpaired) electrons. The van der Waals surface area contributed by atoms with Gasteiger partial charge in [-0.2, -0.15) is 0 Å². The van der Waals surface area contributed by atoms with Crippen LogP contribution in [-0.2, 0) is 6.54 Å². The molecule has 0 atom stereocenters. The number of aryl methyl sites for hydroxylation is 1. The molecule has 0 aliphatic rings. The van der Waals surface area contributed by atoms with Gasteiger partial charge in [0.25, 0.3) is 5.56 Å². The van der Waals surface area contributed by atoms with Crippen molar-refractivity contribution in [2.45, 2.75) is 13.5 Å². The number of nitrogens with zero attached hydrogens (tertiary/aromatic N) is 3. The molecule has 3 heterocycles. The lowest BCUT2D eigenvalue weighted by Crippen LogP contribution is -2.20. The van der Waals surface area contributed by atoms with Crippen LogP contribution in [0.25, 0.3) is 21.3 Å². The minimum Gasteiger partial charge on any atom is -0.294 e. The third-order valence-electron chi connectivity index (χ3n) is 4.08. The summed E-state index contributed by atoms with van der Waals surface area (Å²) in [5.74, 6) is 0. The van der Waals surface area contributed by atoms with E-state index in [1.54, 1.807) is 23.3 Å². The van der Waals surface area contributed by atoms with E-state index in [9.17, 15) is 4.79 Å². The molecule has 24 heavy (non-hydrogen) atoms. The van der Waals surface area contributed by atoms with Crippen LogP contribution < -0.4 is 5.56 Å². The largest absolute Gasteiger partial charge is 0.294 e. The summed E-state index contributed by atoms with van der Waals surface area (Å²) in [4.78, 5) is 21.4. The Hall–Kier alpha value is -2.79. The maximum atomic E-state index is 12.8. The lowest BCUT2D eigenvalue weighted by Gasteiger charge is -2.06. The Balaban J connectivity index is 1.82. The van der Waals surface area contributed by atoms with Crippen molar-refractivity contribution in [2.75, 3.05) is 0 Å². The van der Waals surface area contributed by atoms with Gasteiger partial charge in [-0.1, -0.05) is 24.3 Å². The average molecular weight is 333 g/mol. The molecule has 118 valence electrons. The zero-order valence-corrected chi connectivity index (χ0v) is 14.0. The highest BCUT2D eigenvalue weighted by Crippen LogP contribution is 2.32. The summed E-state index contributed by atoms with van der Waals surface area (Å²) < 4.78 is 2.35.